The number of hydrogen-bond acceptors (Lipinski definition) is 8. The fourth-order valence-corrected chi connectivity index (χ4v) is 9.93. The quantitative estimate of drug-likeness (QED) is 0.0566. The van der Waals surface area contributed by atoms with Crippen LogP contribution in [0, 0.1) is 0 Å². The van der Waals surface area contributed by atoms with Crippen molar-refractivity contribution < 1.29 is 32.8 Å². The fraction of sp³-hybridized carbons (Fsp3) is 0.538. The van der Waals surface area contributed by atoms with Gasteiger partial charge in [-0.05, 0) is 83.0 Å². The first-order valence-electron chi connectivity index (χ1n) is 23.7. The van der Waals surface area contributed by atoms with Crippen molar-refractivity contribution in [1.29, 1.82) is 0 Å². The van der Waals surface area contributed by atoms with E-state index in [1.165, 1.54) is 16.1 Å². The van der Waals surface area contributed by atoms with Crippen molar-refractivity contribution in [1.82, 2.24) is 24.4 Å². The molecule has 4 aromatic rings. The van der Waals surface area contributed by atoms with Gasteiger partial charge >= 0.3 is 6.09 Å². The highest BCUT2D eigenvalue weighted by atomic mass is 28.4. The number of para-hydroxylation sites is 1. The summed E-state index contributed by atoms with van der Waals surface area (Å²) in [6.45, 7) is 26.7. The summed E-state index contributed by atoms with van der Waals surface area (Å²) in [6.07, 6.45) is -0.179. The molecule has 12 nitrogen and oxygen atoms in total. The van der Waals surface area contributed by atoms with E-state index in [1.54, 1.807) is 16.8 Å². The van der Waals surface area contributed by atoms with Crippen molar-refractivity contribution in [2.24, 2.45) is 0 Å². The van der Waals surface area contributed by atoms with Crippen LogP contribution in [-0.4, -0.2) is 125 Å². The molecular formula is C52H77N5O7Si2. The summed E-state index contributed by atoms with van der Waals surface area (Å²) in [7, 11) is -0.555. The highest BCUT2D eigenvalue weighted by Crippen LogP contribution is 2.44. The molecule has 0 radical (unpaired) electrons. The van der Waals surface area contributed by atoms with Crippen LogP contribution in [0.3, 0.4) is 0 Å². The average Bonchev–Trinajstić information content (AvgIpc) is 3.77. The minimum atomic E-state index is -2.11. The maximum absolute atomic E-state index is 13.9. The number of amides is 3. The number of carbonyl (C=O) groups is 4. The SMILES string of the molecule is CCN(CCO[Si](C)(C)C(C)(C)C)C(=O)CN(CCO[Si](C)(C)C(C)(C)C)C(=O)CCC(=O)CCn1c(CN(C)N(C)C(=O)OCC2c3ccccc3-c3ccccc32)cc2ccccc21. The summed E-state index contributed by atoms with van der Waals surface area (Å²) in [5.74, 6) is -0.478. The number of Topliss-reactive ketones (excluding diaryl/α,β-unsaturated/α-hetero) is 1. The second-order valence-corrected chi connectivity index (χ2v) is 30.4. The van der Waals surface area contributed by atoms with E-state index in [0.717, 1.165) is 27.7 Å². The first kappa shape index (κ1) is 52.4. The predicted octanol–water partition coefficient (Wildman–Crippen LogP) is 10.3. The minimum absolute atomic E-state index is 0.000230. The van der Waals surface area contributed by atoms with Crippen LogP contribution in [0.4, 0.5) is 4.79 Å². The van der Waals surface area contributed by atoms with E-state index in [-0.39, 0.29) is 72.6 Å². The third kappa shape index (κ3) is 12.9. The molecule has 5 rings (SSSR count). The summed E-state index contributed by atoms with van der Waals surface area (Å²) in [6, 6.07) is 26.7. The van der Waals surface area contributed by atoms with Crippen LogP contribution < -0.4 is 0 Å². The predicted molar refractivity (Wildman–Crippen MR) is 270 cm³/mol. The van der Waals surface area contributed by atoms with Gasteiger partial charge < -0.3 is 28.0 Å². The summed E-state index contributed by atoms with van der Waals surface area (Å²) in [5.41, 5.74) is 6.57. The van der Waals surface area contributed by atoms with E-state index in [9.17, 15) is 19.2 Å². The van der Waals surface area contributed by atoms with Crippen LogP contribution in [0.15, 0.2) is 78.9 Å². The van der Waals surface area contributed by atoms with Gasteiger partial charge in [-0.1, -0.05) is 108 Å². The molecule has 0 N–H and O–H groups in total. The van der Waals surface area contributed by atoms with Crippen molar-refractivity contribution in [3.63, 3.8) is 0 Å². The average molecular weight is 940 g/mol. The van der Waals surface area contributed by atoms with Crippen LogP contribution in [0.1, 0.15) is 90.5 Å². The summed E-state index contributed by atoms with van der Waals surface area (Å²) >= 11 is 0. The Morgan fingerprint density at radius 2 is 1.21 bits per heavy atom. The highest BCUT2D eigenvalue weighted by molar-refractivity contribution is 6.74. The number of likely N-dealkylation sites (N-methyl/N-ethyl adjacent to an activating group) is 1. The molecule has 0 unspecified atom stereocenters. The lowest BCUT2D eigenvalue weighted by molar-refractivity contribution is -0.141. The first-order chi connectivity index (χ1) is 31.0. The zero-order valence-electron chi connectivity index (χ0n) is 42.2. The third-order valence-electron chi connectivity index (χ3n) is 14.3. The molecule has 1 aliphatic carbocycles. The maximum atomic E-state index is 13.9. The molecule has 0 spiro atoms. The van der Waals surface area contributed by atoms with Crippen LogP contribution in [0.5, 0.6) is 0 Å². The molecule has 0 bridgehead atoms. The van der Waals surface area contributed by atoms with Gasteiger partial charge in [0.1, 0.15) is 12.4 Å². The molecule has 0 saturated carbocycles. The lowest BCUT2D eigenvalue weighted by Crippen LogP contribution is -2.48. The second-order valence-electron chi connectivity index (χ2n) is 20.8. The van der Waals surface area contributed by atoms with Crippen LogP contribution in [0.25, 0.3) is 22.0 Å². The number of benzene rings is 3. The summed E-state index contributed by atoms with van der Waals surface area (Å²) in [4.78, 5) is 58.1. The molecule has 14 heteroatoms. The third-order valence-corrected chi connectivity index (χ3v) is 23.4. The Morgan fingerprint density at radius 3 is 1.77 bits per heavy atom. The number of aryl methyl sites for hydroxylation is 1. The molecule has 0 saturated heterocycles. The Balaban J connectivity index is 1.19. The summed E-state index contributed by atoms with van der Waals surface area (Å²) in [5, 5.41) is 4.38. The molecule has 1 aliphatic rings. The Kier molecular flexibility index (Phi) is 17.5. The molecule has 66 heavy (non-hydrogen) atoms. The molecule has 0 fully saturated rings. The number of ether oxygens (including phenoxy) is 1. The minimum Gasteiger partial charge on any atom is -0.447 e. The number of aromatic nitrogens is 1. The molecule has 1 aromatic heterocycles. The standard InChI is InChI=1S/C52H77N5O7Si2/c1-14-55(31-33-63-65(10,11)51(2,3)4)49(60)37-56(32-34-64-66(12,13)52(5,6)7)48(59)28-27-41(58)29-30-57-40(35-39-21-15-20-26-47(39)57)36-53(8)54(9)50(61)62-38-46-44-24-18-16-22-42(44)43-23-17-19-25-45(43)46/h15-26,35,46H,14,27-34,36-38H2,1-13H3. The van der Waals surface area contributed by atoms with Crippen molar-refractivity contribution in [2.45, 2.75) is 123 Å². The van der Waals surface area contributed by atoms with Gasteiger partial charge in [-0.15, -0.1) is 0 Å². The number of ketones is 1. The number of hydrazine groups is 1. The molecule has 3 amide bonds. The Hall–Kier alpha value is -4.61. The topological polar surface area (TPSA) is 114 Å². The van der Waals surface area contributed by atoms with E-state index < -0.39 is 22.7 Å². The molecule has 0 atom stereocenters. The van der Waals surface area contributed by atoms with Gasteiger partial charge in [-0.3, -0.25) is 14.4 Å². The lowest BCUT2D eigenvalue weighted by Gasteiger charge is -2.37. The van der Waals surface area contributed by atoms with Crippen molar-refractivity contribution >= 4 is 51.2 Å². The number of hydrogen-bond donors (Lipinski definition) is 0. The van der Waals surface area contributed by atoms with E-state index in [1.807, 2.05) is 67.5 Å². The van der Waals surface area contributed by atoms with Crippen molar-refractivity contribution in [2.75, 3.05) is 60.1 Å². The van der Waals surface area contributed by atoms with Gasteiger partial charge in [-0.2, -0.15) is 0 Å². The monoisotopic (exact) mass is 940 g/mol. The zero-order valence-corrected chi connectivity index (χ0v) is 44.2. The van der Waals surface area contributed by atoms with E-state index in [2.05, 4.69) is 103 Å². The van der Waals surface area contributed by atoms with Gasteiger partial charge in [0.15, 0.2) is 16.6 Å². The van der Waals surface area contributed by atoms with Gasteiger partial charge in [-0.25, -0.2) is 14.8 Å². The number of fused-ring (bicyclic) bond motifs is 4. The Morgan fingerprint density at radius 1 is 0.682 bits per heavy atom. The molecule has 0 aliphatic heterocycles. The number of nitrogens with zero attached hydrogens (tertiary/aromatic N) is 5. The lowest BCUT2D eigenvalue weighted by atomic mass is 9.98. The van der Waals surface area contributed by atoms with Crippen LogP contribution in [-0.2, 0) is 41.1 Å². The highest BCUT2D eigenvalue weighted by Gasteiger charge is 2.38. The van der Waals surface area contributed by atoms with E-state index in [0.29, 0.717) is 39.4 Å². The zero-order chi connectivity index (χ0) is 48.6. The molecule has 3 aromatic carbocycles. The van der Waals surface area contributed by atoms with Gasteiger partial charge in [0.05, 0.1) is 26.3 Å². The Bertz CT molecular complexity index is 2270. The van der Waals surface area contributed by atoms with Gasteiger partial charge in [0.25, 0.3) is 0 Å². The molecule has 1 heterocycles. The first-order valence-corrected chi connectivity index (χ1v) is 29.5. The number of rotatable bonds is 22. The largest absolute Gasteiger partial charge is 0.447 e. The molecular weight excluding hydrogens is 863 g/mol. The fourth-order valence-electron chi connectivity index (χ4n) is 7.87. The summed E-state index contributed by atoms with van der Waals surface area (Å²) < 4.78 is 20.9. The molecule has 360 valence electrons. The normalized spacial score (nSPS) is 13.2. The van der Waals surface area contributed by atoms with Crippen LogP contribution in [0.2, 0.25) is 36.3 Å². The smallest absolute Gasteiger partial charge is 0.424 e. The second kappa shape index (κ2) is 22.0. The van der Waals surface area contributed by atoms with Crippen LogP contribution >= 0.6 is 0 Å². The van der Waals surface area contributed by atoms with Gasteiger partial charge in [0.2, 0.25) is 11.8 Å². The maximum Gasteiger partial charge on any atom is 0.424 e. The van der Waals surface area contributed by atoms with Crippen molar-refractivity contribution in [3.05, 3.63) is 95.7 Å². The Labute approximate surface area is 396 Å². The number of carbonyl (C=O) groups excluding carboxylic acids is 4. The van der Waals surface area contributed by atoms with Crippen molar-refractivity contribution in [3.8, 4) is 11.1 Å². The van der Waals surface area contributed by atoms with Gasteiger partial charge in [0, 0.05) is 76.7 Å². The van der Waals surface area contributed by atoms with E-state index >= 15 is 0 Å². The van der Waals surface area contributed by atoms with E-state index in [4.69, 9.17) is 13.6 Å².